The van der Waals surface area contributed by atoms with Crippen molar-refractivity contribution in [3.8, 4) is 5.75 Å². The molecule has 1 unspecified atom stereocenters. The number of carbonyl (C=O) groups excluding carboxylic acids is 1. The lowest BCUT2D eigenvalue weighted by Crippen LogP contribution is -2.41. The van der Waals surface area contributed by atoms with Crippen molar-refractivity contribution in [2.75, 3.05) is 37.5 Å². The number of ketones is 1. The smallest absolute Gasteiger partial charge is 0.223 e. The fraction of sp³-hybridized carbons (Fsp3) is 0.545. The molecule has 31 heavy (non-hydrogen) atoms. The second-order valence-electron chi connectivity index (χ2n) is 8.35. The number of fused-ring (bicyclic) bond motifs is 1. The number of anilines is 2. The first kappa shape index (κ1) is 21.8. The Morgan fingerprint density at radius 3 is 2.74 bits per heavy atom. The van der Waals surface area contributed by atoms with E-state index in [4.69, 9.17) is 26.8 Å². The number of ether oxygens (including phenoxy) is 2. The molecule has 1 atom stereocenters. The number of Topliss-reactive ketones (excluding diaryl/α,β-unsaturated/α-hetero) is 1. The van der Waals surface area contributed by atoms with Crippen LogP contribution in [0.25, 0.3) is 0 Å². The summed E-state index contributed by atoms with van der Waals surface area (Å²) >= 11 is 6.38. The van der Waals surface area contributed by atoms with Gasteiger partial charge < -0.3 is 20.1 Å². The zero-order valence-electron chi connectivity index (χ0n) is 18.2. The second-order valence-corrected chi connectivity index (χ2v) is 8.71. The molecule has 0 radical (unpaired) electrons. The van der Waals surface area contributed by atoms with Crippen molar-refractivity contribution in [3.63, 3.8) is 0 Å². The predicted molar refractivity (Wildman–Crippen MR) is 119 cm³/mol. The van der Waals surface area contributed by atoms with Gasteiger partial charge >= 0.3 is 0 Å². The van der Waals surface area contributed by atoms with E-state index in [-0.39, 0.29) is 22.8 Å². The summed E-state index contributed by atoms with van der Waals surface area (Å²) in [4.78, 5) is 28.4. The van der Waals surface area contributed by atoms with Gasteiger partial charge in [-0.15, -0.1) is 0 Å². The van der Waals surface area contributed by atoms with Gasteiger partial charge in [0.15, 0.2) is 5.78 Å². The van der Waals surface area contributed by atoms with Crippen molar-refractivity contribution < 1.29 is 14.3 Å². The molecule has 2 aromatic heterocycles. The molecule has 0 aromatic carbocycles. The van der Waals surface area contributed by atoms with Crippen LogP contribution < -0.4 is 15.4 Å². The van der Waals surface area contributed by atoms with Gasteiger partial charge in [0, 0.05) is 43.0 Å². The molecule has 9 heteroatoms. The third-order valence-corrected chi connectivity index (χ3v) is 6.54. The van der Waals surface area contributed by atoms with E-state index in [1.54, 1.807) is 13.3 Å². The van der Waals surface area contributed by atoms with Crippen molar-refractivity contribution in [1.29, 1.82) is 0 Å². The topological polar surface area (TPSA) is 103 Å². The maximum absolute atomic E-state index is 13.3. The lowest BCUT2D eigenvalue weighted by atomic mass is 9.83. The highest BCUT2D eigenvalue weighted by Gasteiger charge is 2.37. The monoisotopic (exact) mass is 445 g/mol. The molecule has 8 nitrogen and oxygen atoms in total. The first-order valence-corrected chi connectivity index (χ1v) is 11.0. The zero-order valence-corrected chi connectivity index (χ0v) is 18.9. The van der Waals surface area contributed by atoms with Crippen LogP contribution in [0.15, 0.2) is 6.20 Å². The summed E-state index contributed by atoms with van der Waals surface area (Å²) in [5, 5.41) is 0.111. The van der Waals surface area contributed by atoms with Crippen LogP contribution in [0.5, 0.6) is 5.75 Å². The first-order chi connectivity index (χ1) is 14.9. The Morgan fingerprint density at radius 2 is 2.03 bits per heavy atom. The fourth-order valence-corrected chi connectivity index (χ4v) is 4.90. The Kier molecular flexibility index (Phi) is 6.29. The Hall–Kier alpha value is -2.45. The van der Waals surface area contributed by atoms with Crippen LogP contribution in [-0.4, -0.2) is 47.6 Å². The Balaban J connectivity index is 1.69. The van der Waals surface area contributed by atoms with E-state index in [1.165, 1.54) is 0 Å². The highest BCUT2D eigenvalue weighted by Crippen LogP contribution is 2.37. The molecule has 0 bridgehead atoms. The Labute approximate surface area is 187 Å². The van der Waals surface area contributed by atoms with Gasteiger partial charge in [-0.1, -0.05) is 11.6 Å². The highest BCUT2D eigenvalue weighted by atomic mass is 35.5. The molecule has 2 aliphatic rings. The molecule has 0 saturated carbocycles. The van der Waals surface area contributed by atoms with E-state index >= 15 is 0 Å². The lowest BCUT2D eigenvalue weighted by Gasteiger charge is -2.36. The summed E-state index contributed by atoms with van der Waals surface area (Å²) in [6, 6.07) is 0. The third kappa shape index (κ3) is 4.32. The Bertz CT molecular complexity index is 994. The fourth-order valence-electron chi connectivity index (χ4n) is 4.64. The normalized spacial score (nSPS) is 19.4. The number of nitrogen functional groups attached to an aromatic ring is 1. The summed E-state index contributed by atoms with van der Waals surface area (Å²) in [6.45, 7) is 6.46. The third-order valence-electron chi connectivity index (χ3n) is 6.27. The van der Waals surface area contributed by atoms with Gasteiger partial charge in [-0.25, -0.2) is 4.98 Å². The number of methoxy groups -OCH3 is 1. The first-order valence-electron chi connectivity index (χ1n) is 10.6. The van der Waals surface area contributed by atoms with Crippen LogP contribution in [0.2, 0.25) is 5.15 Å². The molecular weight excluding hydrogens is 418 g/mol. The highest BCUT2D eigenvalue weighted by molar-refractivity contribution is 6.34. The van der Waals surface area contributed by atoms with Gasteiger partial charge in [-0.05, 0) is 39.0 Å². The number of nitrogens with two attached hydrogens (primary N) is 1. The van der Waals surface area contributed by atoms with Crippen molar-refractivity contribution in [2.45, 2.75) is 39.7 Å². The van der Waals surface area contributed by atoms with Crippen molar-refractivity contribution in [1.82, 2.24) is 15.0 Å². The van der Waals surface area contributed by atoms with Crippen LogP contribution in [0, 0.1) is 25.7 Å². The van der Waals surface area contributed by atoms with Crippen LogP contribution in [-0.2, 0) is 11.3 Å². The number of aryl methyl sites for hydroxylation is 1. The summed E-state index contributed by atoms with van der Waals surface area (Å²) in [6.07, 6.45) is 4.54. The van der Waals surface area contributed by atoms with Gasteiger partial charge in [0.05, 0.1) is 24.9 Å². The van der Waals surface area contributed by atoms with E-state index in [0.717, 1.165) is 55.0 Å². The Morgan fingerprint density at radius 1 is 1.29 bits per heavy atom. The number of carbonyl (C=O) groups is 1. The minimum Gasteiger partial charge on any atom is -0.496 e. The maximum atomic E-state index is 13.3. The van der Waals surface area contributed by atoms with Crippen LogP contribution in [0.3, 0.4) is 0 Å². The molecule has 1 fully saturated rings. The average molecular weight is 446 g/mol. The van der Waals surface area contributed by atoms with Crippen molar-refractivity contribution in [3.05, 3.63) is 33.7 Å². The largest absolute Gasteiger partial charge is 0.496 e. The van der Waals surface area contributed by atoms with Crippen molar-refractivity contribution in [2.24, 2.45) is 11.8 Å². The molecule has 2 aliphatic heterocycles. The van der Waals surface area contributed by atoms with E-state index in [9.17, 15) is 4.79 Å². The molecule has 0 aliphatic carbocycles. The van der Waals surface area contributed by atoms with Crippen LogP contribution >= 0.6 is 11.6 Å². The minimum absolute atomic E-state index is 0.00564. The summed E-state index contributed by atoms with van der Waals surface area (Å²) in [5.41, 5.74) is 9.03. The van der Waals surface area contributed by atoms with Crippen molar-refractivity contribution >= 4 is 29.2 Å². The van der Waals surface area contributed by atoms with Gasteiger partial charge in [0.1, 0.15) is 16.7 Å². The van der Waals surface area contributed by atoms with E-state index in [0.29, 0.717) is 30.4 Å². The SMILES string of the molecule is COc1c(C)cnc(CN2CC(CC3CCOCC3)C(=O)c3c(Cl)nc(N)nc32)c1C. The lowest BCUT2D eigenvalue weighted by molar-refractivity contribution is 0.0558. The van der Waals surface area contributed by atoms with Gasteiger partial charge in [0.25, 0.3) is 0 Å². The van der Waals surface area contributed by atoms with Gasteiger partial charge in [-0.3, -0.25) is 9.78 Å². The molecule has 1 saturated heterocycles. The minimum atomic E-state index is -0.187. The van der Waals surface area contributed by atoms with E-state index in [2.05, 4.69) is 19.9 Å². The van der Waals surface area contributed by atoms with Crippen LogP contribution in [0.4, 0.5) is 11.8 Å². The summed E-state index contributed by atoms with van der Waals surface area (Å²) < 4.78 is 11.0. The number of halogens is 1. The van der Waals surface area contributed by atoms with Crippen LogP contribution in [0.1, 0.15) is 46.4 Å². The maximum Gasteiger partial charge on any atom is 0.223 e. The summed E-state index contributed by atoms with van der Waals surface area (Å²) in [7, 11) is 1.66. The average Bonchev–Trinajstić information content (AvgIpc) is 2.74. The molecular formula is C22H28ClN5O3. The molecule has 2 aromatic rings. The molecule has 166 valence electrons. The second kappa shape index (κ2) is 8.96. The predicted octanol–water partition coefficient (Wildman–Crippen LogP) is 3.37. The zero-order chi connectivity index (χ0) is 22.1. The number of rotatable bonds is 5. The number of hydrogen-bond donors (Lipinski definition) is 1. The van der Waals surface area contributed by atoms with Gasteiger partial charge in [0.2, 0.25) is 5.95 Å². The van der Waals surface area contributed by atoms with E-state index < -0.39 is 0 Å². The molecule has 4 heterocycles. The quantitative estimate of drug-likeness (QED) is 0.698. The number of hydrogen-bond acceptors (Lipinski definition) is 8. The number of aromatic nitrogens is 3. The number of pyridine rings is 1. The van der Waals surface area contributed by atoms with E-state index in [1.807, 2.05) is 13.8 Å². The standard InChI is InChI=1S/C22H28ClN5O3/c1-12-9-25-16(13(2)19(12)30-3)11-28-10-15(8-14-4-6-31-7-5-14)18(29)17-20(23)26-22(24)27-21(17)28/h9,14-15H,4-8,10-11H2,1-3H3,(H2,24,26,27). The molecule has 2 N–H and O–H groups in total. The molecule has 4 rings (SSSR count). The molecule has 0 amide bonds. The molecule has 0 spiro atoms. The van der Waals surface area contributed by atoms with Gasteiger partial charge in [-0.2, -0.15) is 4.98 Å². The number of nitrogens with zero attached hydrogens (tertiary/aromatic N) is 4. The summed E-state index contributed by atoms with van der Waals surface area (Å²) in [5.74, 6) is 1.61.